The fraction of sp³-hybridized carbons (Fsp3) is 0.286. The van der Waals surface area contributed by atoms with Crippen LogP contribution in [-0.4, -0.2) is 46.1 Å². The number of carbonyl (C=O) groups is 1. The molecule has 1 saturated heterocycles. The second-order valence-electron chi connectivity index (χ2n) is 4.82. The van der Waals surface area contributed by atoms with E-state index in [0.717, 1.165) is 0 Å². The number of ether oxygens (including phenoxy) is 1. The largest absolute Gasteiger partial charge is 0.593 e. The van der Waals surface area contributed by atoms with Crippen LogP contribution in [0.5, 0.6) is 0 Å². The lowest BCUT2D eigenvalue weighted by atomic mass is 10.1. The number of pyridine rings is 1. The Bertz CT molecular complexity index is 722. The molecular formula is C14H14ClN3O3S. The summed E-state index contributed by atoms with van der Waals surface area (Å²) in [4.78, 5) is 16.1. The monoisotopic (exact) mass is 339 g/mol. The number of nitrogens with zero attached hydrogens (tertiary/aromatic N) is 2. The molecule has 8 heteroatoms. The molecule has 1 unspecified atom stereocenters. The first kappa shape index (κ1) is 15.5. The molecule has 1 aliphatic rings. The molecule has 1 aromatic heterocycles. The van der Waals surface area contributed by atoms with Gasteiger partial charge in [-0.2, -0.15) is 0 Å². The first-order valence-electron chi connectivity index (χ1n) is 6.70. The summed E-state index contributed by atoms with van der Waals surface area (Å²) in [5.74, 6) is -0.640. The third-order valence-corrected chi connectivity index (χ3v) is 5.34. The molecule has 3 rings (SSSR count). The van der Waals surface area contributed by atoms with Crippen molar-refractivity contribution >= 4 is 39.8 Å². The molecule has 0 radical (unpaired) electrons. The Balaban J connectivity index is 2.00. The first-order valence-corrected chi connectivity index (χ1v) is 8.19. The molecule has 1 atom stereocenters. The zero-order chi connectivity index (χ0) is 15.7. The lowest BCUT2D eigenvalue weighted by molar-refractivity contribution is 0.0730. The Morgan fingerprint density at radius 2 is 2.14 bits per heavy atom. The van der Waals surface area contributed by atoms with Gasteiger partial charge in [-0.25, -0.2) is 0 Å². The van der Waals surface area contributed by atoms with E-state index >= 15 is 0 Å². The van der Waals surface area contributed by atoms with Gasteiger partial charge in [0.2, 0.25) is 0 Å². The van der Waals surface area contributed by atoms with Crippen molar-refractivity contribution < 1.29 is 14.1 Å². The van der Waals surface area contributed by atoms with E-state index in [1.54, 1.807) is 18.2 Å². The maximum atomic E-state index is 12.6. The number of hydrogen-bond acceptors (Lipinski definition) is 5. The number of rotatable bonds is 3. The van der Waals surface area contributed by atoms with Gasteiger partial charge in [0.05, 0.1) is 53.8 Å². The van der Waals surface area contributed by atoms with E-state index in [4.69, 9.17) is 22.1 Å². The van der Waals surface area contributed by atoms with E-state index < -0.39 is 17.3 Å². The van der Waals surface area contributed by atoms with Gasteiger partial charge in [0.1, 0.15) is 0 Å². The highest BCUT2D eigenvalue weighted by molar-refractivity contribution is 7.89. The van der Waals surface area contributed by atoms with Gasteiger partial charge < -0.3 is 15.0 Å². The van der Waals surface area contributed by atoms with Crippen LogP contribution < -0.4 is 5.73 Å². The van der Waals surface area contributed by atoms with E-state index in [1.165, 1.54) is 6.20 Å². The maximum absolute atomic E-state index is 12.6. The summed E-state index contributed by atoms with van der Waals surface area (Å²) < 4.78 is 19.7. The maximum Gasteiger partial charge on any atom is 0.251 e. The molecule has 22 heavy (non-hydrogen) atoms. The predicted octanol–water partition coefficient (Wildman–Crippen LogP) is 1.34. The Morgan fingerprint density at radius 1 is 1.41 bits per heavy atom. The second kappa shape index (κ2) is 6.39. The third-order valence-electron chi connectivity index (χ3n) is 3.45. The molecule has 0 aliphatic carbocycles. The average molecular weight is 340 g/mol. The Kier molecular flexibility index (Phi) is 4.51. The van der Waals surface area contributed by atoms with E-state index in [0.29, 0.717) is 42.1 Å². The highest BCUT2D eigenvalue weighted by Crippen LogP contribution is 2.29. The standard InChI is InChI=1S/C14H14ClN3O3S/c15-13-10-7-9(22(20)18-3-5-21-6-4-18)1-2-12(10)17-8-11(13)14(16)19/h1-2,7-8H,3-6H2,(H2,16,19). The van der Waals surface area contributed by atoms with Gasteiger partial charge in [-0.15, -0.1) is 4.31 Å². The number of halogens is 1. The van der Waals surface area contributed by atoms with Crippen molar-refractivity contribution in [2.75, 3.05) is 26.3 Å². The lowest BCUT2D eigenvalue weighted by Gasteiger charge is -2.27. The van der Waals surface area contributed by atoms with E-state index in [1.807, 2.05) is 4.31 Å². The van der Waals surface area contributed by atoms with Gasteiger partial charge >= 0.3 is 0 Å². The fourth-order valence-electron chi connectivity index (χ4n) is 2.28. The summed E-state index contributed by atoms with van der Waals surface area (Å²) in [6, 6.07) is 5.18. The van der Waals surface area contributed by atoms with E-state index in [2.05, 4.69) is 4.98 Å². The summed E-state index contributed by atoms with van der Waals surface area (Å²) in [7, 11) is 0. The molecular weight excluding hydrogens is 326 g/mol. The Morgan fingerprint density at radius 3 is 2.82 bits per heavy atom. The van der Waals surface area contributed by atoms with Crippen LogP contribution in [-0.2, 0) is 16.1 Å². The van der Waals surface area contributed by atoms with Crippen molar-refractivity contribution in [2.24, 2.45) is 5.73 Å². The minimum absolute atomic E-state index is 0.156. The third kappa shape index (κ3) is 2.90. The van der Waals surface area contributed by atoms with Crippen molar-refractivity contribution in [3.05, 3.63) is 35.0 Å². The topological polar surface area (TPSA) is 91.5 Å². The number of morpholine rings is 1. The number of fused-ring (bicyclic) bond motifs is 1. The van der Waals surface area contributed by atoms with Crippen molar-refractivity contribution in [3.63, 3.8) is 0 Å². The summed E-state index contributed by atoms with van der Waals surface area (Å²) in [6.45, 7) is 2.34. The molecule has 1 aliphatic heterocycles. The van der Waals surface area contributed by atoms with E-state index in [9.17, 15) is 9.35 Å². The molecule has 2 heterocycles. The second-order valence-corrected chi connectivity index (χ2v) is 6.68. The number of hydrogen-bond donors (Lipinski definition) is 1. The van der Waals surface area contributed by atoms with Crippen LogP contribution in [0.25, 0.3) is 10.9 Å². The smallest absolute Gasteiger partial charge is 0.251 e. The Labute approximate surface area is 135 Å². The van der Waals surface area contributed by atoms with Gasteiger partial charge in [-0.05, 0) is 12.1 Å². The zero-order valence-corrected chi connectivity index (χ0v) is 13.2. The molecule has 2 aromatic rings. The average Bonchev–Trinajstić information content (AvgIpc) is 2.55. The van der Waals surface area contributed by atoms with Gasteiger partial charge in [0.15, 0.2) is 4.90 Å². The van der Waals surface area contributed by atoms with Crippen LogP contribution in [0.2, 0.25) is 5.02 Å². The fourth-order valence-corrected chi connectivity index (χ4v) is 3.76. The van der Waals surface area contributed by atoms with Crippen LogP contribution >= 0.6 is 11.6 Å². The van der Waals surface area contributed by atoms with E-state index in [-0.39, 0.29) is 10.6 Å². The lowest BCUT2D eigenvalue weighted by Crippen LogP contribution is -2.40. The zero-order valence-electron chi connectivity index (χ0n) is 11.6. The molecule has 1 aromatic carbocycles. The summed E-state index contributed by atoms with van der Waals surface area (Å²) in [5, 5.41) is 0.801. The number of aromatic nitrogens is 1. The van der Waals surface area contributed by atoms with Crippen molar-refractivity contribution in [1.82, 2.24) is 9.29 Å². The number of primary amides is 1. The van der Waals surface area contributed by atoms with Crippen molar-refractivity contribution in [3.8, 4) is 0 Å². The Hall–Kier alpha value is -1.38. The molecule has 0 bridgehead atoms. The van der Waals surface area contributed by atoms with Crippen molar-refractivity contribution in [1.29, 1.82) is 0 Å². The molecule has 0 spiro atoms. The van der Waals surface area contributed by atoms with Crippen LogP contribution in [0, 0.1) is 0 Å². The quantitative estimate of drug-likeness (QED) is 0.852. The van der Waals surface area contributed by atoms with Gasteiger partial charge in [-0.1, -0.05) is 11.6 Å². The number of carbonyl (C=O) groups excluding carboxylic acids is 1. The molecule has 116 valence electrons. The van der Waals surface area contributed by atoms with Crippen LogP contribution in [0.1, 0.15) is 10.4 Å². The SMILES string of the molecule is NC(=O)c1cnc2ccc([S+]([O-])N3CCOCC3)cc2c1Cl. The highest BCUT2D eigenvalue weighted by Gasteiger charge is 2.25. The molecule has 6 nitrogen and oxygen atoms in total. The number of amides is 1. The molecule has 1 fully saturated rings. The molecule has 1 amide bonds. The van der Waals surface area contributed by atoms with Crippen molar-refractivity contribution in [2.45, 2.75) is 4.90 Å². The van der Waals surface area contributed by atoms with Crippen LogP contribution in [0.4, 0.5) is 0 Å². The number of benzene rings is 1. The van der Waals surface area contributed by atoms with Gasteiger partial charge in [0, 0.05) is 17.6 Å². The highest BCUT2D eigenvalue weighted by atomic mass is 35.5. The normalized spacial score (nSPS) is 17.5. The van der Waals surface area contributed by atoms with Gasteiger partial charge in [0.25, 0.3) is 5.91 Å². The molecule has 2 N–H and O–H groups in total. The number of nitrogens with two attached hydrogens (primary N) is 1. The first-order chi connectivity index (χ1) is 10.6. The van der Waals surface area contributed by atoms with Gasteiger partial charge in [-0.3, -0.25) is 9.78 Å². The molecule has 0 saturated carbocycles. The van der Waals surface area contributed by atoms with Crippen LogP contribution in [0.3, 0.4) is 0 Å². The summed E-state index contributed by atoms with van der Waals surface area (Å²) in [5.41, 5.74) is 6.05. The van der Waals surface area contributed by atoms with Crippen LogP contribution in [0.15, 0.2) is 29.3 Å². The predicted molar refractivity (Wildman–Crippen MR) is 84.1 cm³/mol. The minimum Gasteiger partial charge on any atom is -0.593 e. The summed E-state index contributed by atoms with van der Waals surface area (Å²) in [6.07, 6.45) is 1.35. The minimum atomic E-state index is -1.30. The summed E-state index contributed by atoms with van der Waals surface area (Å²) >= 11 is 4.92.